The molecule has 4 nitrogen and oxygen atoms in total. The summed E-state index contributed by atoms with van der Waals surface area (Å²) in [5.74, 6) is -0.391. The van der Waals surface area contributed by atoms with E-state index in [-0.39, 0.29) is 6.10 Å². The molecule has 0 saturated carbocycles. The van der Waals surface area contributed by atoms with Crippen molar-refractivity contribution in [2.45, 2.75) is 25.0 Å². The fourth-order valence-electron chi connectivity index (χ4n) is 2.08. The predicted molar refractivity (Wildman–Crippen MR) is 67.0 cm³/mol. The van der Waals surface area contributed by atoms with Gasteiger partial charge in [0.1, 0.15) is 5.54 Å². The zero-order valence-electron chi connectivity index (χ0n) is 9.57. The smallest absolute Gasteiger partial charge is 0.245 e. The largest absolute Gasteiger partial charge is 0.375 e. The van der Waals surface area contributed by atoms with Crippen LogP contribution in [0.25, 0.3) is 0 Å². The van der Waals surface area contributed by atoms with Crippen LogP contribution in [-0.2, 0) is 9.53 Å². The van der Waals surface area contributed by atoms with Gasteiger partial charge in [0.05, 0.1) is 6.10 Å². The van der Waals surface area contributed by atoms with Crippen LogP contribution in [0.5, 0.6) is 0 Å². The highest BCUT2D eigenvalue weighted by molar-refractivity contribution is 6.30. The fraction of sp³-hybridized carbons (Fsp3) is 0.417. The van der Waals surface area contributed by atoms with E-state index >= 15 is 0 Å². The standard InChI is InChI=1S/C12H15ClN2O2/c1-8-12(11(14)16,6-7-17-8)15-10-4-2-9(13)3-5-10/h2-5,8,15H,6-7H2,1H3,(H2,14,16). The van der Waals surface area contributed by atoms with E-state index in [9.17, 15) is 4.79 Å². The van der Waals surface area contributed by atoms with Gasteiger partial charge >= 0.3 is 0 Å². The van der Waals surface area contributed by atoms with Gasteiger partial charge in [0.2, 0.25) is 5.91 Å². The minimum absolute atomic E-state index is 0.240. The van der Waals surface area contributed by atoms with E-state index in [1.807, 2.05) is 19.1 Å². The Morgan fingerprint density at radius 3 is 2.65 bits per heavy atom. The number of nitrogens with two attached hydrogens (primary N) is 1. The van der Waals surface area contributed by atoms with Gasteiger partial charge in [0.15, 0.2) is 0 Å². The molecular formula is C12H15ClN2O2. The molecule has 1 aromatic rings. The van der Waals surface area contributed by atoms with Crippen molar-refractivity contribution in [2.75, 3.05) is 11.9 Å². The van der Waals surface area contributed by atoms with Crippen LogP contribution < -0.4 is 11.1 Å². The first-order valence-electron chi connectivity index (χ1n) is 5.50. The minimum Gasteiger partial charge on any atom is -0.375 e. The van der Waals surface area contributed by atoms with Gasteiger partial charge < -0.3 is 15.8 Å². The maximum Gasteiger partial charge on any atom is 0.245 e. The first kappa shape index (κ1) is 12.2. The van der Waals surface area contributed by atoms with E-state index in [1.165, 1.54) is 0 Å². The molecule has 17 heavy (non-hydrogen) atoms. The second-order valence-electron chi connectivity index (χ2n) is 4.23. The third kappa shape index (κ3) is 2.23. The van der Waals surface area contributed by atoms with E-state index in [2.05, 4.69) is 5.32 Å². The summed E-state index contributed by atoms with van der Waals surface area (Å²) in [5, 5.41) is 3.82. The number of hydrogen-bond acceptors (Lipinski definition) is 3. The lowest BCUT2D eigenvalue weighted by Gasteiger charge is -2.30. The Bertz CT molecular complexity index is 421. The summed E-state index contributed by atoms with van der Waals surface area (Å²) in [4.78, 5) is 11.7. The molecule has 92 valence electrons. The quantitative estimate of drug-likeness (QED) is 0.864. The van der Waals surface area contributed by atoms with Crippen molar-refractivity contribution in [1.82, 2.24) is 0 Å². The monoisotopic (exact) mass is 254 g/mol. The summed E-state index contributed by atoms with van der Waals surface area (Å²) in [5.41, 5.74) is 5.48. The minimum atomic E-state index is -0.826. The predicted octanol–water partition coefficient (Wildman–Crippen LogP) is 1.78. The van der Waals surface area contributed by atoms with Crippen LogP contribution in [0.3, 0.4) is 0 Å². The normalized spacial score (nSPS) is 28.0. The number of benzene rings is 1. The molecule has 0 bridgehead atoms. The molecule has 1 fully saturated rings. The van der Waals surface area contributed by atoms with Gasteiger partial charge in [0, 0.05) is 23.7 Å². The summed E-state index contributed by atoms with van der Waals surface area (Å²) in [6.07, 6.45) is 0.335. The van der Waals surface area contributed by atoms with Crippen molar-refractivity contribution in [1.29, 1.82) is 0 Å². The summed E-state index contributed by atoms with van der Waals surface area (Å²) >= 11 is 5.81. The van der Waals surface area contributed by atoms with Gasteiger partial charge in [0.25, 0.3) is 0 Å². The Morgan fingerprint density at radius 2 is 2.18 bits per heavy atom. The third-order valence-electron chi connectivity index (χ3n) is 3.21. The second-order valence-corrected chi connectivity index (χ2v) is 4.67. The van der Waals surface area contributed by atoms with Crippen molar-refractivity contribution >= 4 is 23.2 Å². The number of primary amides is 1. The molecule has 1 heterocycles. The summed E-state index contributed by atoms with van der Waals surface area (Å²) in [6.45, 7) is 2.38. The van der Waals surface area contributed by atoms with Gasteiger partial charge in [-0.15, -0.1) is 0 Å². The number of ether oxygens (including phenoxy) is 1. The maximum absolute atomic E-state index is 11.7. The van der Waals surface area contributed by atoms with Crippen LogP contribution in [0.2, 0.25) is 5.02 Å². The lowest BCUT2D eigenvalue weighted by molar-refractivity contribution is -0.123. The molecule has 2 rings (SSSR count). The zero-order valence-corrected chi connectivity index (χ0v) is 10.3. The van der Waals surface area contributed by atoms with Gasteiger partial charge in [-0.3, -0.25) is 4.79 Å². The number of carbonyl (C=O) groups excluding carboxylic acids is 1. The number of carbonyl (C=O) groups is 1. The molecule has 1 aliphatic heterocycles. The number of hydrogen-bond donors (Lipinski definition) is 2. The molecule has 0 radical (unpaired) electrons. The summed E-state index contributed by atoms with van der Waals surface area (Å²) < 4.78 is 5.44. The van der Waals surface area contributed by atoms with E-state index in [0.29, 0.717) is 18.1 Å². The molecule has 0 aromatic heterocycles. The van der Waals surface area contributed by atoms with Gasteiger partial charge in [-0.1, -0.05) is 11.6 Å². The van der Waals surface area contributed by atoms with Crippen LogP contribution in [0.15, 0.2) is 24.3 Å². The number of nitrogens with one attached hydrogen (secondary N) is 1. The lowest BCUT2D eigenvalue weighted by Crippen LogP contribution is -2.55. The average Bonchev–Trinajstić information content (AvgIpc) is 2.65. The molecule has 0 aliphatic carbocycles. The van der Waals surface area contributed by atoms with Crippen LogP contribution in [0, 0.1) is 0 Å². The van der Waals surface area contributed by atoms with Gasteiger partial charge in [-0.25, -0.2) is 0 Å². The molecule has 5 heteroatoms. The van der Waals surface area contributed by atoms with Gasteiger partial charge in [-0.05, 0) is 31.2 Å². The molecule has 2 atom stereocenters. The van der Waals surface area contributed by atoms with Crippen LogP contribution in [-0.4, -0.2) is 24.2 Å². The van der Waals surface area contributed by atoms with Crippen molar-refractivity contribution in [2.24, 2.45) is 5.73 Å². The van der Waals surface area contributed by atoms with E-state index in [4.69, 9.17) is 22.1 Å². The van der Waals surface area contributed by atoms with Crippen LogP contribution in [0.4, 0.5) is 5.69 Å². The van der Waals surface area contributed by atoms with E-state index in [0.717, 1.165) is 5.69 Å². The van der Waals surface area contributed by atoms with E-state index < -0.39 is 11.4 Å². The van der Waals surface area contributed by atoms with Crippen LogP contribution in [0.1, 0.15) is 13.3 Å². The molecule has 3 N–H and O–H groups in total. The van der Waals surface area contributed by atoms with Crippen molar-refractivity contribution in [3.05, 3.63) is 29.3 Å². The first-order chi connectivity index (χ1) is 8.04. The maximum atomic E-state index is 11.7. The number of amides is 1. The fourth-order valence-corrected chi connectivity index (χ4v) is 2.21. The highest BCUT2D eigenvalue weighted by atomic mass is 35.5. The van der Waals surface area contributed by atoms with Crippen LogP contribution >= 0.6 is 11.6 Å². The molecule has 1 amide bonds. The molecular weight excluding hydrogens is 240 g/mol. The van der Waals surface area contributed by atoms with Crippen molar-refractivity contribution in [3.63, 3.8) is 0 Å². The molecule has 2 unspecified atom stereocenters. The lowest BCUT2D eigenvalue weighted by atomic mass is 9.90. The van der Waals surface area contributed by atoms with Crippen molar-refractivity contribution in [3.8, 4) is 0 Å². The summed E-state index contributed by atoms with van der Waals surface area (Å²) in [7, 11) is 0. The molecule has 1 aromatic carbocycles. The topological polar surface area (TPSA) is 64.3 Å². The Labute approximate surface area is 105 Å². The highest BCUT2D eigenvalue weighted by Crippen LogP contribution is 2.30. The molecule has 0 spiro atoms. The number of halogens is 1. The molecule has 1 aliphatic rings. The average molecular weight is 255 g/mol. The summed E-state index contributed by atoms with van der Waals surface area (Å²) in [6, 6.07) is 7.16. The zero-order chi connectivity index (χ0) is 12.5. The Hall–Kier alpha value is -1.26. The van der Waals surface area contributed by atoms with Gasteiger partial charge in [-0.2, -0.15) is 0 Å². The Kier molecular flexibility index (Phi) is 3.26. The number of anilines is 1. The SMILES string of the molecule is CC1OCCC1(Nc1ccc(Cl)cc1)C(N)=O. The highest BCUT2D eigenvalue weighted by Gasteiger charge is 2.46. The second kappa shape index (κ2) is 4.55. The number of rotatable bonds is 3. The third-order valence-corrected chi connectivity index (χ3v) is 3.46. The Morgan fingerprint density at radius 1 is 1.53 bits per heavy atom. The molecule has 1 saturated heterocycles. The Balaban J connectivity index is 2.24. The van der Waals surface area contributed by atoms with E-state index in [1.54, 1.807) is 12.1 Å². The first-order valence-corrected chi connectivity index (χ1v) is 5.88. The van der Waals surface area contributed by atoms with Crippen molar-refractivity contribution < 1.29 is 9.53 Å².